The molecule has 0 fully saturated rings. The van der Waals surface area contributed by atoms with E-state index in [9.17, 15) is 4.79 Å². The molecule has 4 rings (SSSR count). The van der Waals surface area contributed by atoms with Crippen molar-refractivity contribution >= 4 is 38.2 Å². The Kier molecular flexibility index (Phi) is 3.39. The summed E-state index contributed by atoms with van der Waals surface area (Å²) in [5.74, 6) is 0.485. The Morgan fingerprint density at radius 1 is 1.38 bits per heavy atom. The molecule has 0 unspecified atom stereocenters. The van der Waals surface area contributed by atoms with E-state index >= 15 is 0 Å². The number of carbonyl (C=O) groups excluding carboxylic acids is 1. The largest absolute Gasteiger partial charge is 0.497 e. The number of rotatable bonds is 3. The number of ether oxygens (including phenoxy) is 1. The standard InChI is InChI=1S/C16H13N5O2S/c1-9-13(14-17-6-3-7-21(14)20-9)15(22)19-16-18-11-5-4-10(23-2)8-12(11)24-16/h3-8H,1-2H3,(H,18,19,22). The minimum absolute atomic E-state index is 0.271. The van der Waals surface area contributed by atoms with Crippen LogP contribution in [0, 0.1) is 6.92 Å². The van der Waals surface area contributed by atoms with Crippen LogP contribution in [0.4, 0.5) is 5.13 Å². The normalized spacial score (nSPS) is 11.1. The van der Waals surface area contributed by atoms with Crippen LogP contribution in [0.15, 0.2) is 36.7 Å². The van der Waals surface area contributed by atoms with Crippen LogP contribution in [0.3, 0.4) is 0 Å². The summed E-state index contributed by atoms with van der Waals surface area (Å²) in [6.07, 6.45) is 3.40. The average molecular weight is 339 g/mol. The van der Waals surface area contributed by atoms with Crippen molar-refractivity contribution in [1.29, 1.82) is 0 Å². The highest BCUT2D eigenvalue weighted by Gasteiger charge is 2.19. The number of thiazole rings is 1. The summed E-state index contributed by atoms with van der Waals surface area (Å²) in [7, 11) is 1.62. The summed E-state index contributed by atoms with van der Waals surface area (Å²) in [4.78, 5) is 21.3. The SMILES string of the molecule is COc1ccc2nc(NC(=O)c3c(C)nn4cccnc34)sc2c1. The summed E-state index contributed by atoms with van der Waals surface area (Å²) in [6.45, 7) is 1.78. The first-order chi connectivity index (χ1) is 11.7. The van der Waals surface area contributed by atoms with Crippen molar-refractivity contribution in [3.8, 4) is 5.75 Å². The quantitative estimate of drug-likeness (QED) is 0.621. The van der Waals surface area contributed by atoms with E-state index in [1.165, 1.54) is 11.3 Å². The Morgan fingerprint density at radius 2 is 2.25 bits per heavy atom. The predicted octanol–water partition coefficient (Wildman–Crippen LogP) is 2.91. The summed E-state index contributed by atoms with van der Waals surface area (Å²) in [6, 6.07) is 7.36. The minimum atomic E-state index is -0.271. The molecule has 0 saturated heterocycles. The zero-order chi connectivity index (χ0) is 16.7. The monoisotopic (exact) mass is 339 g/mol. The smallest absolute Gasteiger partial charge is 0.263 e. The first-order valence-corrected chi connectivity index (χ1v) is 8.03. The average Bonchev–Trinajstić information content (AvgIpc) is 3.12. The third kappa shape index (κ3) is 2.37. The lowest BCUT2D eigenvalue weighted by Gasteiger charge is -2.00. The molecule has 0 saturated carbocycles. The Hall–Kier alpha value is -3.00. The molecule has 4 aromatic rings. The van der Waals surface area contributed by atoms with Crippen molar-refractivity contribution < 1.29 is 9.53 Å². The first kappa shape index (κ1) is 14.6. The van der Waals surface area contributed by atoms with Gasteiger partial charge < -0.3 is 4.74 Å². The highest BCUT2D eigenvalue weighted by Crippen LogP contribution is 2.29. The van der Waals surface area contributed by atoms with Gasteiger partial charge in [-0.25, -0.2) is 14.5 Å². The van der Waals surface area contributed by atoms with Crippen LogP contribution in [0.2, 0.25) is 0 Å². The van der Waals surface area contributed by atoms with Crippen molar-refractivity contribution in [3.05, 3.63) is 47.9 Å². The van der Waals surface area contributed by atoms with Gasteiger partial charge >= 0.3 is 0 Å². The molecular formula is C16H13N5O2S. The third-order valence-electron chi connectivity index (χ3n) is 3.61. The fourth-order valence-corrected chi connectivity index (χ4v) is 3.40. The molecule has 0 radical (unpaired) electrons. The van der Waals surface area contributed by atoms with E-state index in [2.05, 4.69) is 20.4 Å². The molecule has 0 aliphatic heterocycles. The fraction of sp³-hybridized carbons (Fsp3) is 0.125. The number of anilines is 1. The van der Waals surface area contributed by atoms with Gasteiger partial charge in [-0.1, -0.05) is 11.3 Å². The molecule has 0 spiro atoms. The zero-order valence-corrected chi connectivity index (χ0v) is 13.8. The molecule has 8 heteroatoms. The maximum atomic E-state index is 12.6. The second-order valence-corrected chi connectivity index (χ2v) is 6.19. The number of hydrogen-bond donors (Lipinski definition) is 1. The number of amides is 1. The van der Waals surface area contributed by atoms with Gasteiger partial charge in [0.1, 0.15) is 11.3 Å². The molecular weight excluding hydrogens is 326 g/mol. The predicted molar refractivity (Wildman–Crippen MR) is 91.8 cm³/mol. The lowest BCUT2D eigenvalue weighted by atomic mass is 10.2. The fourth-order valence-electron chi connectivity index (χ4n) is 2.51. The number of aryl methyl sites for hydroxylation is 1. The van der Waals surface area contributed by atoms with E-state index in [0.717, 1.165) is 16.0 Å². The molecule has 120 valence electrons. The van der Waals surface area contributed by atoms with Crippen molar-refractivity contribution in [1.82, 2.24) is 19.6 Å². The molecule has 0 aliphatic carbocycles. The molecule has 0 aliphatic rings. The van der Waals surface area contributed by atoms with Gasteiger partial charge in [-0.15, -0.1) is 0 Å². The molecule has 3 aromatic heterocycles. The molecule has 1 N–H and O–H groups in total. The van der Waals surface area contributed by atoms with Crippen LogP contribution >= 0.6 is 11.3 Å². The highest BCUT2D eigenvalue weighted by molar-refractivity contribution is 7.22. The summed E-state index contributed by atoms with van der Waals surface area (Å²) < 4.78 is 7.74. The van der Waals surface area contributed by atoms with E-state index in [1.807, 2.05) is 18.2 Å². The van der Waals surface area contributed by atoms with Gasteiger partial charge in [0.15, 0.2) is 10.8 Å². The van der Waals surface area contributed by atoms with E-state index in [1.54, 1.807) is 37.0 Å². The summed E-state index contributed by atoms with van der Waals surface area (Å²) >= 11 is 1.39. The number of hydrogen-bond acceptors (Lipinski definition) is 6. The van der Waals surface area contributed by atoms with E-state index in [4.69, 9.17) is 4.74 Å². The number of fused-ring (bicyclic) bond motifs is 2. The Labute approximate surface area is 140 Å². The molecule has 24 heavy (non-hydrogen) atoms. The Bertz CT molecular complexity index is 1070. The van der Waals surface area contributed by atoms with Crippen molar-refractivity contribution in [2.75, 3.05) is 12.4 Å². The molecule has 3 heterocycles. The van der Waals surface area contributed by atoms with Gasteiger partial charge in [-0.05, 0) is 31.2 Å². The lowest BCUT2D eigenvalue weighted by molar-refractivity contribution is 0.102. The van der Waals surface area contributed by atoms with Crippen molar-refractivity contribution in [2.24, 2.45) is 0 Å². The molecule has 1 amide bonds. The van der Waals surface area contributed by atoms with Gasteiger partial charge in [0.2, 0.25) is 0 Å². The number of nitrogens with one attached hydrogen (secondary N) is 1. The highest BCUT2D eigenvalue weighted by atomic mass is 32.1. The maximum Gasteiger partial charge on any atom is 0.263 e. The minimum Gasteiger partial charge on any atom is -0.497 e. The van der Waals surface area contributed by atoms with E-state index < -0.39 is 0 Å². The lowest BCUT2D eigenvalue weighted by Crippen LogP contribution is -2.13. The number of carbonyl (C=O) groups is 1. The number of aromatic nitrogens is 4. The van der Waals surface area contributed by atoms with Gasteiger partial charge in [0.25, 0.3) is 5.91 Å². The second-order valence-electron chi connectivity index (χ2n) is 5.16. The van der Waals surface area contributed by atoms with Gasteiger partial charge in [-0.2, -0.15) is 5.10 Å². The van der Waals surface area contributed by atoms with Crippen LogP contribution in [0.1, 0.15) is 16.1 Å². The van der Waals surface area contributed by atoms with Crippen LogP contribution in [0.25, 0.3) is 15.9 Å². The van der Waals surface area contributed by atoms with Crippen molar-refractivity contribution in [2.45, 2.75) is 6.92 Å². The van der Waals surface area contributed by atoms with E-state index in [0.29, 0.717) is 22.0 Å². The van der Waals surface area contributed by atoms with Crippen molar-refractivity contribution in [3.63, 3.8) is 0 Å². The topological polar surface area (TPSA) is 81.4 Å². The first-order valence-electron chi connectivity index (χ1n) is 7.21. The number of benzene rings is 1. The van der Waals surface area contributed by atoms with E-state index in [-0.39, 0.29) is 5.91 Å². The molecule has 1 aromatic carbocycles. The molecule has 0 bridgehead atoms. The molecule has 0 atom stereocenters. The Balaban J connectivity index is 1.69. The Morgan fingerprint density at radius 3 is 3.08 bits per heavy atom. The zero-order valence-electron chi connectivity index (χ0n) is 13.0. The van der Waals surface area contributed by atoms with Crippen LogP contribution in [-0.2, 0) is 0 Å². The maximum absolute atomic E-state index is 12.6. The van der Waals surface area contributed by atoms with Gasteiger partial charge in [-0.3, -0.25) is 10.1 Å². The second kappa shape index (κ2) is 5.57. The van der Waals surface area contributed by atoms with Gasteiger partial charge in [0.05, 0.1) is 23.0 Å². The summed E-state index contributed by atoms with van der Waals surface area (Å²) in [5.41, 5.74) is 2.41. The number of nitrogens with zero attached hydrogens (tertiary/aromatic N) is 4. The summed E-state index contributed by atoms with van der Waals surface area (Å²) in [5, 5.41) is 7.67. The van der Waals surface area contributed by atoms with Crippen LogP contribution < -0.4 is 10.1 Å². The third-order valence-corrected chi connectivity index (χ3v) is 4.55. The molecule has 7 nitrogen and oxygen atoms in total. The van der Waals surface area contributed by atoms with Crippen LogP contribution in [-0.4, -0.2) is 32.6 Å². The number of methoxy groups -OCH3 is 1. The van der Waals surface area contributed by atoms with Gasteiger partial charge in [0, 0.05) is 12.4 Å². The van der Waals surface area contributed by atoms with Crippen LogP contribution in [0.5, 0.6) is 5.75 Å².